The van der Waals surface area contributed by atoms with E-state index in [1.807, 2.05) is 0 Å². The van der Waals surface area contributed by atoms with Gasteiger partial charge in [-0.05, 0) is 18.6 Å². The van der Waals surface area contributed by atoms with Gasteiger partial charge in [0.15, 0.2) is 0 Å². The van der Waals surface area contributed by atoms with Gasteiger partial charge < -0.3 is 10.2 Å². The molecule has 1 N–H and O–H groups in total. The third kappa shape index (κ3) is 3.32. The minimum absolute atomic E-state index is 0.0855. The van der Waals surface area contributed by atoms with Crippen molar-refractivity contribution in [1.82, 2.24) is 10.2 Å². The fraction of sp³-hybridized carbons (Fsp3) is 0.455. The number of rotatable bonds is 3. The van der Waals surface area contributed by atoms with E-state index in [0.717, 1.165) is 19.4 Å². The van der Waals surface area contributed by atoms with Crippen molar-refractivity contribution in [3.05, 3.63) is 23.8 Å². The molecule has 1 aliphatic heterocycles. The van der Waals surface area contributed by atoms with Crippen LogP contribution in [-0.4, -0.2) is 43.3 Å². The molecule has 0 atom stereocenters. The maximum Gasteiger partial charge on any atom is 0.253 e. The summed E-state index contributed by atoms with van der Waals surface area (Å²) in [7, 11) is 0. The van der Waals surface area contributed by atoms with E-state index in [1.165, 1.54) is 6.08 Å². The van der Waals surface area contributed by atoms with Crippen molar-refractivity contribution in [2.75, 3.05) is 26.2 Å². The summed E-state index contributed by atoms with van der Waals surface area (Å²) in [5.74, 6) is -0.0855. The molecule has 82 valence electrons. The summed E-state index contributed by atoms with van der Waals surface area (Å²) in [5.41, 5.74) is 0.894. The summed E-state index contributed by atoms with van der Waals surface area (Å²) in [5, 5.41) is 3.17. The third-order valence-electron chi connectivity index (χ3n) is 2.27. The molecular formula is C11H16N2O2. The van der Waals surface area contributed by atoms with Crippen molar-refractivity contribution >= 4 is 12.2 Å². The second-order valence-electron chi connectivity index (χ2n) is 3.57. The Bertz CT molecular complexity index is 302. The zero-order valence-corrected chi connectivity index (χ0v) is 8.95. The Labute approximate surface area is 89.6 Å². The summed E-state index contributed by atoms with van der Waals surface area (Å²) < 4.78 is 0. The van der Waals surface area contributed by atoms with Gasteiger partial charge in [-0.25, -0.2) is 0 Å². The standard InChI is InChI=1S/C11H16N2O2/c1-9(8-14)7-10(2)11(15)13-5-3-12-4-6-13/h7-8,12H,2-6H2,1H3/b9-7-. The molecule has 15 heavy (non-hydrogen) atoms. The fourth-order valence-electron chi connectivity index (χ4n) is 1.44. The molecular weight excluding hydrogens is 192 g/mol. The number of aldehydes is 1. The molecule has 4 heteroatoms. The average molecular weight is 208 g/mol. The van der Waals surface area contributed by atoms with Crippen LogP contribution < -0.4 is 5.32 Å². The number of nitrogens with zero attached hydrogens (tertiary/aromatic N) is 1. The lowest BCUT2D eigenvalue weighted by molar-refractivity contribution is -0.127. The first-order valence-electron chi connectivity index (χ1n) is 4.97. The van der Waals surface area contributed by atoms with Crippen molar-refractivity contribution in [2.24, 2.45) is 0 Å². The van der Waals surface area contributed by atoms with Crippen LogP contribution in [0.15, 0.2) is 23.8 Å². The molecule has 1 aliphatic rings. The zero-order chi connectivity index (χ0) is 11.3. The van der Waals surface area contributed by atoms with E-state index >= 15 is 0 Å². The Kier molecular flexibility index (Phi) is 4.24. The molecule has 0 saturated carbocycles. The lowest BCUT2D eigenvalue weighted by atomic mass is 10.1. The van der Waals surface area contributed by atoms with Crippen molar-refractivity contribution in [1.29, 1.82) is 0 Å². The number of carbonyl (C=O) groups excluding carboxylic acids is 2. The number of hydrogen-bond donors (Lipinski definition) is 1. The Morgan fingerprint density at radius 3 is 2.53 bits per heavy atom. The molecule has 4 nitrogen and oxygen atoms in total. The summed E-state index contributed by atoms with van der Waals surface area (Å²) in [6, 6.07) is 0. The first-order chi connectivity index (χ1) is 7.15. The highest BCUT2D eigenvalue weighted by molar-refractivity contribution is 5.96. The summed E-state index contributed by atoms with van der Waals surface area (Å²) in [6.45, 7) is 8.36. The monoisotopic (exact) mass is 208 g/mol. The lowest BCUT2D eigenvalue weighted by Crippen LogP contribution is -2.46. The van der Waals surface area contributed by atoms with Crippen molar-refractivity contribution in [3.63, 3.8) is 0 Å². The molecule has 0 aromatic carbocycles. The molecule has 1 fully saturated rings. The molecule has 1 rings (SSSR count). The molecule has 0 bridgehead atoms. The van der Waals surface area contributed by atoms with E-state index in [1.54, 1.807) is 11.8 Å². The topological polar surface area (TPSA) is 49.4 Å². The Hall–Kier alpha value is -1.42. The van der Waals surface area contributed by atoms with Crippen LogP contribution in [0.4, 0.5) is 0 Å². The predicted molar refractivity (Wildman–Crippen MR) is 58.4 cm³/mol. The predicted octanol–water partition coefficient (Wildman–Crippen LogP) is 0.120. The van der Waals surface area contributed by atoms with Crippen LogP contribution in [0.25, 0.3) is 0 Å². The van der Waals surface area contributed by atoms with Gasteiger partial charge in [0.25, 0.3) is 5.91 Å². The highest BCUT2D eigenvalue weighted by Crippen LogP contribution is 2.05. The van der Waals surface area contributed by atoms with E-state index in [0.29, 0.717) is 24.2 Å². The van der Waals surface area contributed by atoms with Gasteiger partial charge >= 0.3 is 0 Å². The van der Waals surface area contributed by atoms with Gasteiger partial charge in [0.2, 0.25) is 0 Å². The minimum atomic E-state index is -0.0855. The van der Waals surface area contributed by atoms with Crippen LogP contribution in [0, 0.1) is 0 Å². The Balaban J connectivity index is 2.59. The number of hydrogen-bond acceptors (Lipinski definition) is 3. The van der Waals surface area contributed by atoms with Gasteiger partial charge in [-0.3, -0.25) is 9.59 Å². The largest absolute Gasteiger partial charge is 0.336 e. The summed E-state index contributed by atoms with van der Waals surface area (Å²) >= 11 is 0. The van der Waals surface area contributed by atoms with Gasteiger partial charge in [-0.15, -0.1) is 0 Å². The van der Waals surface area contributed by atoms with E-state index in [4.69, 9.17) is 0 Å². The highest BCUT2D eigenvalue weighted by Gasteiger charge is 2.17. The molecule has 0 spiro atoms. The summed E-state index contributed by atoms with van der Waals surface area (Å²) in [4.78, 5) is 23.9. The van der Waals surface area contributed by atoms with E-state index in [9.17, 15) is 9.59 Å². The quantitative estimate of drug-likeness (QED) is 0.407. The number of amides is 1. The average Bonchev–Trinajstić information content (AvgIpc) is 2.29. The molecule has 0 aromatic heterocycles. The van der Waals surface area contributed by atoms with Crippen LogP contribution in [-0.2, 0) is 9.59 Å². The number of piperazine rings is 1. The first kappa shape index (κ1) is 11.7. The highest BCUT2D eigenvalue weighted by atomic mass is 16.2. The van der Waals surface area contributed by atoms with E-state index in [-0.39, 0.29) is 5.91 Å². The van der Waals surface area contributed by atoms with Gasteiger partial charge in [0.1, 0.15) is 6.29 Å². The van der Waals surface area contributed by atoms with E-state index < -0.39 is 0 Å². The maximum atomic E-state index is 11.8. The molecule has 1 amide bonds. The SMILES string of the molecule is C=C(/C=C(/C)C=O)C(=O)N1CCNCC1. The Morgan fingerprint density at radius 1 is 1.40 bits per heavy atom. The van der Waals surface area contributed by atoms with Crippen LogP contribution in [0.5, 0.6) is 0 Å². The second kappa shape index (κ2) is 5.46. The fourth-order valence-corrected chi connectivity index (χ4v) is 1.44. The molecule has 0 aromatic rings. The zero-order valence-electron chi connectivity index (χ0n) is 8.95. The van der Waals surface area contributed by atoms with Crippen molar-refractivity contribution < 1.29 is 9.59 Å². The van der Waals surface area contributed by atoms with Gasteiger partial charge in [-0.1, -0.05) is 6.58 Å². The first-order valence-corrected chi connectivity index (χ1v) is 4.97. The Morgan fingerprint density at radius 2 is 2.00 bits per heavy atom. The number of allylic oxidation sites excluding steroid dienone is 1. The van der Waals surface area contributed by atoms with Crippen molar-refractivity contribution in [2.45, 2.75) is 6.92 Å². The second-order valence-corrected chi connectivity index (χ2v) is 3.57. The minimum Gasteiger partial charge on any atom is -0.336 e. The van der Waals surface area contributed by atoms with Gasteiger partial charge in [0.05, 0.1) is 0 Å². The van der Waals surface area contributed by atoms with Gasteiger partial charge in [0, 0.05) is 31.8 Å². The maximum absolute atomic E-state index is 11.8. The molecule has 0 unspecified atom stereocenters. The lowest BCUT2D eigenvalue weighted by Gasteiger charge is -2.27. The van der Waals surface area contributed by atoms with Crippen LogP contribution >= 0.6 is 0 Å². The third-order valence-corrected chi connectivity index (χ3v) is 2.27. The smallest absolute Gasteiger partial charge is 0.253 e. The molecule has 0 radical (unpaired) electrons. The van der Waals surface area contributed by atoms with Gasteiger partial charge in [-0.2, -0.15) is 0 Å². The van der Waals surface area contributed by atoms with Crippen LogP contribution in [0.3, 0.4) is 0 Å². The van der Waals surface area contributed by atoms with E-state index in [2.05, 4.69) is 11.9 Å². The number of nitrogens with one attached hydrogen (secondary N) is 1. The van der Waals surface area contributed by atoms with Crippen LogP contribution in [0.2, 0.25) is 0 Å². The molecule has 1 saturated heterocycles. The summed E-state index contributed by atoms with van der Waals surface area (Å²) in [6.07, 6.45) is 2.24. The van der Waals surface area contributed by atoms with Crippen LogP contribution in [0.1, 0.15) is 6.92 Å². The van der Waals surface area contributed by atoms with Crippen molar-refractivity contribution in [3.8, 4) is 0 Å². The number of carbonyl (C=O) groups is 2. The molecule has 0 aliphatic carbocycles. The normalized spacial score (nSPS) is 17.4. The molecule has 1 heterocycles.